The van der Waals surface area contributed by atoms with Gasteiger partial charge in [-0.25, -0.2) is 0 Å². The lowest BCUT2D eigenvalue weighted by Crippen LogP contribution is -2.36. The Morgan fingerprint density at radius 3 is 2.54 bits per heavy atom. The van der Waals surface area contributed by atoms with E-state index in [-0.39, 0.29) is 23.9 Å². The van der Waals surface area contributed by atoms with Crippen LogP contribution >= 0.6 is 0 Å². The number of ketones is 1. The molecule has 2 fully saturated rings. The number of ether oxygens (including phenoxy) is 2. The van der Waals surface area contributed by atoms with Crippen molar-refractivity contribution >= 4 is 5.78 Å². The number of hydrogen-bond acceptors (Lipinski definition) is 4. The minimum Gasteiger partial charge on any atom is -0.386 e. The maximum absolute atomic E-state index is 12.5. The number of Topliss-reactive ketones (excluding diaryl/α,β-unsaturated/α-hetero) is 1. The second-order valence-electron chi connectivity index (χ2n) is 9.00. The molecule has 0 aromatic heterocycles. The Morgan fingerprint density at radius 2 is 1.92 bits per heavy atom. The number of epoxide rings is 1. The average molecular weight is 336 g/mol. The van der Waals surface area contributed by atoms with Crippen LogP contribution in [-0.2, 0) is 14.3 Å². The van der Waals surface area contributed by atoms with Gasteiger partial charge in [-0.2, -0.15) is 0 Å². The zero-order chi connectivity index (χ0) is 17.6. The summed E-state index contributed by atoms with van der Waals surface area (Å²) in [4.78, 5) is 12.5. The third-order valence-corrected chi connectivity index (χ3v) is 6.05. The molecular weight excluding hydrogens is 304 g/mol. The predicted octanol–water partition coefficient (Wildman–Crippen LogP) is 3.42. The van der Waals surface area contributed by atoms with Gasteiger partial charge in [0.05, 0.1) is 23.9 Å². The van der Waals surface area contributed by atoms with Crippen molar-refractivity contribution in [1.29, 1.82) is 0 Å². The largest absolute Gasteiger partial charge is 0.386 e. The molecular formula is C20H32O4. The van der Waals surface area contributed by atoms with Gasteiger partial charge in [0.1, 0.15) is 11.4 Å². The van der Waals surface area contributed by atoms with E-state index < -0.39 is 11.2 Å². The van der Waals surface area contributed by atoms with Crippen molar-refractivity contribution in [1.82, 2.24) is 0 Å². The quantitative estimate of drug-likeness (QED) is 0.589. The van der Waals surface area contributed by atoms with E-state index in [9.17, 15) is 9.90 Å². The number of carbonyl (C=O) groups is 1. The minimum atomic E-state index is -1.08. The van der Waals surface area contributed by atoms with E-state index in [0.29, 0.717) is 18.3 Å². The molecule has 0 aromatic carbocycles. The van der Waals surface area contributed by atoms with E-state index in [2.05, 4.69) is 19.9 Å². The van der Waals surface area contributed by atoms with E-state index >= 15 is 0 Å². The Kier molecular flexibility index (Phi) is 4.69. The molecule has 4 nitrogen and oxygen atoms in total. The zero-order valence-electron chi connectivity index (χ0n) is 15.5. The number of carbonyl (C=O) groups excluding carboxylic acids is 1. The van der Waals surface area contributed by atoms with Gasteiger partial charge in [0, 0.05) is 12.8 Å². The van der Waals surface area contributed by atoms with Crippen LogP contribution < -0.4 is 0 Å². The van der Waals surface area contributed by atoms with Crippen LogP contribution in [0.1, 0.15) is 66.2 Å². The van der Waals surface area contributed by atoms with Crippen LogP contribution in [-0.4, -0.2) is 40.4 Å². The summed E-state index contributed by atoms with van der Waals surface area (Å²) in [5.74, 6) is 0.934. The molecule has 2 saturated heterocycles. The third-order valence-electron chi connectivity index (χ3n) is 6.05. The summed E-state index contributed by atoms with van der Waals surface area (Å²) < 4.78 is 12.2. The van der Waals surface area contributed by atoms with E-state index in [1.165, 1.54) is 0 Å². The van der Waals surface area contributed by atoms with E-state index in [0.717, 1.165) is 32.3 Å². The van der Waals surface area contributed by atoms with E-state index in [1.54, 1.807) is 6.92 Å². The first-order valence-electron chi connectivity index (χ1n) is 9.38. The fourth-order valence-electron chi connectivity index (χ4n) is 4.31. The maximum atomic E-state index is 12.5. The van der Waals surface area contributed by atoms with Gasteiger partial charge < -0.3 is 14.6 Å². The standard InChI is InChI=1S/C20H32O4/c1-14(2)15-5-8-18(3,22)11-16(21)12-19(4)9-7-17(24-19)20(10-6-15)13-23-20/h5,8,14-15,17,22H,6-7,9-13H2,1-4H3/b8-5+/t15-,17-,18+,19+,20+/m0/s1. The molecule has 3 rings (SSSR count). The van der Waals surface area contributed by atoms with Gasteiger partial charge in [-0.1, -0.05) is 26.0 Å². The van der Waals surface area contributed by atoms with Gasteiger partial charge in [-0.3, -0.25) is 4.79 Å². The highest BCUT2D eigenvalue weighted by Gasteiger charge is 2.56. The predicted molar refractivity (Wildman–Crippen MR) is 92.8 cm³/mol. The lowest BCUT2D eigenvalue weighted by molar-refractivity contribution is -0.130. The molecule has 0 radical (unpaired) electrons. The van der Waals surface area contributed by atoms with Crippen molar-refractivity contribution in [3.05, 3.63) is 12.2 Å². The molecule has 136 valence electrons. The average Bonchev–Trinajstić information content (AvgIpc) is 3.13. The van der Waals surface area contributed by atoms with Crippen molar-refractivity contribution in [2.45, 2.75) is 89.1 Å². The molecule has 0 aliphatic carbocycles. The molecule has 3 heterocycles. The Hall–Kier alpha value is -0.710. The second-order valence-corrected chi connectivity index (χ2v) is 9.00. The normalized spacial score (nSPS) is 48.0. The van der Waals surface area contributed by atoms with Crippen molar-refractivity contribution in [3.63, 3.8) is 0 Å². The fourth-order valence-corrected chi connectivity index (χ4v) is 4.31. The van der Waals surface area contributed by atoms with Crippen LogP contribution in [0.15, 0.2) is 12.2 Å². The van der Waals surface area contributed by atoms with E-state index in [4.69, 9.17) is 9.47 Å². The Labute approximate surface area is 145 Å². The Balaban J connectivity index is 1.84. The van der Waals surface area contributed by atoms with Crippen LogP contribution in [0.4, 0.5) is 0 Å². The third kappa shape index (κ3) is 3.92. The SMILES string of the molecule is CC(C)[C@H]1/C=C/[C@@](C)(O)CC(=O)C[C@@]2(C)CC[C@H](O2)[C@@]2(CC1)CO2. The van der Waals surface area contributed by atoms with Crippen LogP contribution in [0.5, 0.6) is 0 Å². The summed E-state index contributed by atoms with van der Waals surface area (Å²) in [6.07, 6.45) is 8.42. The van der Waals surface area contributed by atoms with Crippen LogP contribution in [0.3, 0.4) is 0 Å². The molecule has 0 amide bonds. The van der Waals surface area contributed by atoms with Crippen molar-refractivity contribution in [2.75, 3.05) is 6.61 Å². The van der Waals surface area contributed by atoms with Crippen molar-refractivity contribution in [2.24, 2.45) is 11.8 Å². The summed E-state index contributed by atoms with van der Waals surface area (Å²) in [5, 5.41) is 10.6. The van der Waals surface area contributed by atoms with Crippen molar-refractivity contribution < 1.29 is 19.4 Å². The van der Waals surface area contributed by atoms with E-state index in [1.807, 2.05) is 13.0 Å². The van der Waals surface area contributed by atoms with Gasteiger partial charge in [0.25, 0.3) is 0 Å². The molecule has 3 aliphatic rings. The van der Waals surface area contributed by atoms with Crippen LogP contribution in [0.25, 0.3) is 0 Å². The summed E-state index contributed by atoms with van der Waals surface area (Å²) in [6.45, 7) is 8.94. The molecule has 4 heteroatoms. The van der Waals surface area contributed by atoms with Gasteiger partial charge >= 0.3 is 0 Å². The van der Waals surface area contributed by atoms with Gasteiger partial charge in [-0.05, 0) is 51.4 Å². The minimum absolute atomic E-state index is 0.0684. The summed E-state index contributed by atoms with van der Waals surface area (Å²) >= 11 is 0. The lowest BCUT2D eigenvalue weighted by Gasteiger charge is -2.28. The Morgan fingerprint density at radius 1 is 1.21 bits per heavy atom. The summed E-state index contributed by atoms with van der Waals surface area (Å²) in [6, 6.07) is 0. The lowest BCUT2D eigenvalue weighted by atomic mass is 9.83. The molecule has 0 saturated carbocycles. The number of aliphatic hydroxyl groups is 1. The molecule has 0 aromatic rings. The molecule has 0 unspecified atom stereocenters. The number of fused-ring (bicyclic) bond motifs is 3. The highest BCUT2D eigenvalue weighted by Crippen LogP contribution is 2.48. The number of hydrogen-bond donors (Lipinski definition) is 1. The summed E-state index contributed by atoms with van der Waals surface area (Å²) in [7, 11) is 0. The van der Waals surface area contributed by atoms with Crippen LogP contribution in [0.2, 0.25) is 0 Å². The number of rotatable bonds is 1. The molecule has 1 N–H and O–H groups in total. The molecule has 3 aliphatic heterocycles. The molecule has 1 spiro atoms. The molecule has 2 bridgehead atoms. The maximum Gasteiger partial charge on any atom is 0.138 e. The first-order valence-corrected chi connectivity index (χ1v) is 9.38. The second kappa shape index (κ2) is 6.22. The fraction of sp³-hybridized carbons (Fsp3) is 0.850. The van der Waals surface area contributed by atoms with Crippen LogP contribution in [0, 0.1) is 11.8 Å². The zero-order valence-corrected chi connectivity index (χ0v) is 15.5. The number of allylic oxidation sites excluding steroid dienone is 1. The first kappa shape index (κ1) is 18.1. The van der Waals surface area contributed by atoms with Gasteiger partial charge in [-0.15, -0.1) is 0 Å². The van der Waals surface area contributed by atoms with Crippen molar-refractivity contribution in [3.8, 4) is 0 Å². The monoisotopic (exact) mass is 336 g/mol. The van der Waals surface area contributed by atoms with Gasteiger partial charge in [0.2, 0.25) is 0 Å². The first-order chi connectivity index (χ1) is 11.1. The smallest absolute Gasteiger partial charge is 0.138 e. The highest BCUT2D eigenvalue weighted by atomic mass is 16.6. The Bertz CT molecular complexity index is 518. The highest BCUT2D eigenvalue weighted by molar-refractivity contribution is 5.80. The molecule has 5 atom stereocenters. The summed E-state index contributed by atoms with van der Waals surface area (Å²) in [5.41, 5.74) is -1.63. The molecule has 24 heavy (non-hydrogen) atoms. The topological polar surface area (TPSA) is 59.1 Å². The van der Waals surface area contributed by atoms with Gasteiger partial charge in [0.15, 0.2) is 0 Å².